The molecule has 18 heavy (non-hydrogen) atoms. The number of hydrogen-bond acceptors (Lipinski definition) is 3. The standard InChI is InChI=1S/C14H16N2O2/c15-13(17)11-4-5-12(16-10-11)6-9-14(18)7-2-1-3-8-14/h4-5,10,18H,1-3,7-8H2,(H2,15,17). The molecule has 0 spiro atoms. The number of aromatic nitrogens is 1. The normalized spacial score (nSPS) is 17.6. The van der Waals surface area contributed by atoms with Crippen LogP contribution in [0, 0.1) is 11.8 Å². The molecule has 0 saturated heterocycles. The molecule has 1 aromatic rings. The summed E-state index contributed by atoms with van der Waals surface area (Å²) < 4.78 is 0. The van der Waals surface area contributed by atoms with Crippen LogP contribution in [-0.2, 0) is 0 Å². The summed E-state index contributed by atoms with van der Waals surface area (Å²) in [5.74, 6) is 5.24. The Labute approximate surface area is 106 Å². The van der Waals surface area contributed by atoms with Gasteiger partial charge in [0.25, 0.3) is 0 Å². The molecule has 0 atom stereocenters. The van der Waals surface area contributed by atoms with Crippen LogP contribution in [0.25, 0.3) is 0 Å². The SMILES string of the molecule is NC(=O)c1ccc(C#CC2(O)CCCCC2)nc1. The van der Waals surface area contributed by atoms with Crippen LogP contribution in [0.3, 0.4) is 0 Å². The van der Waals surface area contributed by atoms with Gasteiger partial charge in [-0.15, -0.1) is 0 Å². The molecule has 1 aromatic heterocycles. The van der Waals surface area contributed by atoms with E-state index in [1.54, 1.807) is 12.1 Å². The summed E-state index contributed by atoms with van der Waals surface area (Å²) in [4.78, 5) is 14.9. The second-order valence-corrected chi connectivity index (χ2v) is 4.64. The topological polar surface area (TPSA) is 76.2 Å². The van der Waals surface area contributed by atoms with E-state index in [1.165, 1.54) is 6.20 Å². The number of amides is 1. The van der Waals surface area contributed by atoms with E-state index >= 15 is 0 Å². The predicted molar refractivity (Wildman–Crippen MR) is 67.7 cm³/mol. The van der Waals surface area contributed by atoms with Crippen molar-refractivity contribution in [3.05, 3.63) is 29.6 Å². The molecule has 2 rings (SSSR count). The highest BCUT2D eigenvalue weighted by Gasteiger charge is 2.26. The van der Waals surface area contributed by atoms with Crippen molar-refractivity contribution in [2.45, 2.75) is 37.7 Å². The van der Waals surface area contributed by atoms with Gasteiger partial charge >= 0.3 is 0 Å². The lowest BCUT2D eigenvalue weighted by atomic mass is 9.85. The van der Waals surface area contributed by atoms with Gasteiger partial charge in [-0.3, -0.25) is 4.79 Å². The number of nitrogens with two attached hydrogens (primary N) is 1. The Kier molecular flexibility index (Phi) is 3.63. The predicted octanol–water partition coefficient (Wildman–Crippen LogP) is 1.23. The Balaban J connectivity index is 2.11. The molecule has 94 valence electrons. The third kappa shape index (κ3) is 3.08. The molecular formula is C14H16N2O2. The fourth-order valence-corrected chi connectivity index (χ4v) is 2.06. The van der Waals surface area contributed by atoms with E-state index in [0.717, 1.165) is 32.1 Å². The van der Waals surface area contributed by atoms with E-state index in [-0.39, 0.29) is 0 Å². The van der Waals surface area contributed by atoms with Crippen LogP contribution in [0.1, 0.15) is 48.2 Å². The van der Waals surface area contributed by atoms with Crippen molar-refractivity contribution in [3.8, 4) is 11.8 Å². The molecule has 1 saturated carbocycles. The van der Waals surface area contributed by atoms with Crippen LogP contribution >= 0.6 is 0 Å². The molecule has 1 fully saturated rings. The maximum absolute atomic E-state index is 10.9. The summed E-state index contributed by atoms with van der Waals surface area (Å²) in [5, 5.41) is 10.2. The van der Waals surface area contributed by atoms with E-state index < -0.39 is 11.5 Å². The second kappa shape index (κ2) is 5.19. The first-order valence-electron chi connectivity index (χ1n) is 6.10. The number of carbonyl (C=O) groups excluding carboxylic acids is 1. The molecule has 3 N–H and O–H groups in total. The first-order chi connectivity index (χ1) is 8.59. The van der Waals surface area contributed by atoms with Gasteiger partial charge in [-0.25, -0.2) is 4.98 Å². The number of aliphatic hydroxyl groups is 1. The maximum atomic E-state index is 10.9. The fourth-order valence-electron chi connectivity index (χ4n) is 2.06. The zero-order chi connectivity index (χ0) is 13.0. The number of primary amides is 1. The summed E-state index contributed by atoms with van der Waals surface area (Å²) in [7, 11) is 0. The minimum atomic E-state index is -0.873. The van der Waals surface area contributed by atoms with Crippen molar-refractivity contribution < 1.29 is 9.90 Å². The van der Waals surface area contributed by atoms with Gasteiger partial charge in [-0.2, -0.15) is 0 Å². The van der Waals surface area contributed by atoms with E-state index in [0.29, 0.717) is 11.3 Å². The van der Waals surface area contributed by atoms with Crippen LogP contribution in [0.4, 0.5) is 0 Å². The second-order valence-electron chi connectivity index (χ2n) is 4.64. The Morgan fingerprint density at radius 1 is 1.33 bits per heavy atom. The van der Waals surface area contributed by atoms with Crippen LogP contribution in [-0.4, -0.2) is 21.6 Å². The molecule has 1 aliphatic rings. The Morgan fingerprint density at radius 3 is 2.61 bits per heavy atom. The van der Waals surface area contributed by atoms with E-state index in [2.05, 4.69) is 16.8 Å². The van der Waals surface area contributed by atoms with Crippen molar-refractivity contribution in [1.82, 2.24) is 4.98 Å². The number of nitrogens with zero attached hydrogens (tertiary/aromatic N) is 1. The van der Waals surface area contributed by atoms with Gasteiger partial charge in [-0.05, 0) is 43.7 Å². The molecular weight excluding hydrogens is 228 g/mol. The minimum absolute atomic E-state index is 0.358. The van der Waals surface area contributed by atoms with Gasteiger partial charge in [0.1, 0.15) is 11.3 Å². The van der Waals surface area contributed by atoms with E-state index in [4.69, 9.17) is 5.73 Å². The highest BCUT2D eigenvalue weighted by molar-refractivity contribution is 5.92. The summed E-state index contributed by atoms with van der Waals surface area (Å²) >= 11 is 0. The lowest BCUT2D eigenvalue weighted by molar-refractivity contribution is 0.0610. The number of rotatable bonds is 1. The summed E-state index contributed by atoms with van der Waals surface area (Å²) in [6.07, 6.45) is 6.03. The van der Waals surface area contributed by atoms with Crippen molar-refractivity contribution in [2.75, 3.05) is 0 Å². The van der Waals surface area contributed by atoms with Gasteiger partial charge in [0.05, 0.1) is 5.56 Å². The molecule has 1 heterocycles. The average molecular weight is 244 g/mol. The quantitative estimate of drug-likeness (QED) is 0.729. The molecule has 0 aliphatic heterocycles. The van der Waals surface area contributed by atoms with Gasteiger partial charge in [0.15, 0.2) is 0 Å². The molecule has 4 nitrogen and oxygen atoms in total. The van der Waals surface area contributed by atoms with Crippen molar-refractivity contribution >= 4 is 5.91 Å². The summed E-state index contributed by atoms with van der Waals surface area (Å²) in [5.41, 5.74) is 5.15. The van der Waals surface area contributed by atoms with Crippen molar-refractivity contribution in [1.29, 1.82) is 0 Å². The number of pyridine rings is 1. The van der Waals surface area contributed by atoms with Crippen molar-refractivity contribution in [2.24, 2.45) is 5.73 Å². The van der Waals surface area contributed by atoms with E-state index in [1.807, 2.05) is 0 Å². The van der Waals surface area contributed by atoms with Gasteiger partial charge in [0.2, 0.25) is 5.91 Å². The summed E-state index contributed by atoms with van der Waals surface area (Å²) in [6, 6.07) is 3.23. The average Bonchev–Trinajstić information content (AvgIpc) is 2.38. The zero-order valence-electron chi connectivity index (χ0n) is 10.1. The third-order valence-corrected chi connectivity index (χ3v) is 3.15. The van der Waals surface area contributed by atoms with Crippen LogP contribution in [0.2, 0.25) is 0 Å². The molecule has 0 radical (unpaired) electrons. The minimum Gasteiger partial charge on any atom is -0.378 e. The molecule has 1 amide bonds. The van der Waals surface area contributed by atoms with Crippen molar-refractivity contribution in [3.63, 3.8) is 0 Å². The first-order valence-corrected chi connectivity index (χ1v) is 6.10. The highest BCUT2D eigenvalue weighted by Crippen LogP contribution is 2.27. The van der Waals surface area contributed by atoms with Crippen LogP contribution < -0.4 is 5.73 Å². The number of hydrogen-bond donors (Lipinski definition) is 2. The monoisotopic (exact) mass is 244 g/mol. The zero-order valence-corrected chi connectivity index (χ0v) is 10.1. The Bertz CT molecular complexity index is 491. The first kappa shape index (κ1) is 12.6. The van der Waals surface area contributed by atoms with Crippen LogP contribution in [0.15, 0.2) is 18.3 Å². The third-order valence-electron chi connectivity index (χ3n) is 3.15. The van der Waals surface area contributed by atoms with E-state index in [9.17, 15) is 9.90 Å². The van der Waals surface area contributed by atoms with Gasteiger partial charge in [-0.1, -0.05) is 12.3 Å². The summed E-state index contributed by atoms with van der Waals surface area (Å²) in [6.45, 7) is 0. The molecule has 1 aliphatic carbocycles. The molecule has 0 aromatic carbocycles. The smallest absolute Gasteiger partial charge is 0.250 e. The maximum Gasteiger partial charge on any atom is 0.250 e. The highest BCUT2D eigenvalue weighted by atomic mass is 16.3. The molecule has 4 heteroatoms. The lowest BCUT2D eigenvalue weighted by Crippen LogP contribution is -2.29. The Hall–Kier alpha value is -1.86. The fraction of sp³-hybridized carbons (Fsp3) is 0.429. The molecule has 0 bridgehead atoms. The van der Waals surface area contributed by atoms with Gasteiger partial charge < -0.3 is 10.8 Å². The van der Waals surface area contributed by atoms with Crippen LogP contribution in [0.5, 0.6) is 0 Å². The lowest BCUT2D eigenvalue weighted by Gasteiger charge is -2.26. The van der Waals surface area contributed by atoms with Gasteiger partial charge in [0, 0.05) is 6.20 Å². The largest absolute Gasteiger partial charge is 0.378 e. The Morgan fingerprint density at radius 2 is 2.06 bits per heavy atom. The molecule has 0 unspecified atom stereocenters. The number of carbonyl (C=O) groups is 1.